The SMILES string of the molecule is CC(C)CCN(CCNC(C)C(C)C)CCC(C)C. The Labute approximate surface area is 122 Å². The van der Waals surface area contributed by atoms with Crippen LogP contribution in [0.5, 0.6) is 0 Å². The maximum absolute atomic E-state index is 3.65. The summed E-state index contributed by atoms with van der Waals surface area (Å²) in [6.45, 7) is 21.0. The van der Waals surface area contributed by atoms with Gasteiger partial charge in [0.1, 0.15) is 0 Å². The van der Waals surface area contributed by atoms with Gasteiger partial charge in [-0.05, 0) is 50.6 Å². The van der Waals surface area contributed by atoms with E-state index in [1.807, 2.05) is 0 Å². The van der Waals surface area contributed by atoms with Gasteiger partial charge in [-0.3, -0.25) is 0 Å². The fraction of sp³-hybridized carbons (Fsp3) is 1.00. The molecule has 0 saturated heterocycles. The second-order valence-electron chi connectivity index (χ2n) is 7.19. The van der Waals surface area contributed by atoms with Crippen molar-refractivity contribution in [1.29, 1.82) is 0 Å². The van der Waals surface area contributed by atoms with Crippen LogP contribution in [-0.2, 0) is 0 Å². The zero-order valence-corrected chi connectivity index (χ0v) is 14.5. The number of hydrogen-bond acceptors (Lipinski definition) is 2. The Balaban J connectivity index is 3.96. The molecule has 116 valence electrons. The van der Waals surface area contributed by atoms with Crippen LogP contribution in [0.15, 0.2) is 0 Å². The molecule has 0 saturated carbocycles. The molecule has 0 spiro atoms. The molecule has 2 nitrogen and oxygen atoms in total. The van der Waals surface area contributed by atoms with Gasteiger partial charge in [0.2, 0.25) is 0 Å². The summed E-state index contributed by atoms with van der Waals surface area (Å²) in [5.74, 6) is 2.34. The van der Waals surface area contributed by atoms with Crippen molar-refractivity contribution in [2.75, 3.05) is 26.2 Å². The van der Waals surface area contributed by atoms with Gasteiger partial charge in [0.15, 0.2) is 0 Å². The summed E-state index contributed by atoms with van der Waals surface area (Å²) in [6, 6.07) is 0.622. The summed E-state index contributed by atoms with van der Waals surface area (Å²) in [4.78, 5) is 2.64. The monoisotopic (exact) mass is 270 g/mol. The molecule has 0 fully saturated rings. The van der Waals surface area contributed by atoms with E-state index < -0.39 is 0 Å². The quantitative estimate of drug-likeness (QED) is 0.610. The van der Waals surface area contributed by atoms with E-state index in [1.54, 1.807) is 0 Å². The zero-order valence-electron chi connectivity index (χ0n) is 14.5. The van der Waals surface area contributed by atoms with Crippen LogP contribution in [0.4, 0.5) is 0 Å². The van der Waals surface area contributed by atoms with Crippen molar-refractivity contribution in [2.45, 2.75) is 67.3 Å². The maximum Gasteiger partial charge on any atom is 0.0107 e. The first kappa shape index (κ1) is 18.9. The van der Waals surface area contributed by atoms with Crippen molar-refractivity contribution in [3.8, 4) is 0 Å². The summed E-state index contributed by atoms with van der Waals surface area (Å²) in [6.07, 6.45) is 2.63. The molecule has 2 heteroatoms. The average molecular weight is 271 g/mol. The van der Waals surface area contributed by atoms with E-state index in [2.05, 4.69) is 58.7 Å². The van der Waals surface area contributed by atoms with E-state index in [-0.39, 0.29) is 0 Å². The molecule has 0 heterocycles. The summed E-state index contributed by atoms with van der Waals surface area (Å²) in [5, 5.41) is 3.65. The Bertz CT molecular complexity index is 187. The molecule has 1 atom stereocenters. The van der Waals surface area contributed by atoms with Gasteiger partial charge in [-0.15, -0.1) is 0 Å². The van der Waals surface area contributed by atoms with Gasteiger partial charge in [-0.25, -0.2) is 0 Å². The van der Waals surface area contributed by atoms with Gasteiger partial charge in [-0.1, -0.05) is 41.5 Å². The molecule has 0 aliphatic heterocycles. The number of hydrogen-bond donors (Lipinski definition) is 1. The van der Waals surface area contributed by atoms with Crippen LogP contribution in [0.1, 0.15) is 61.3 Å². The van der Waals surface area contributed by atoms with E-state index >= 15 is 0 Å². The highest BCUT2D eigenvalue weighted by Gasteiger charge is 2.09. The van der Waals surface area contributed by atoms with Crippen LogP contribution in [0.25, 0.3) is 0 Å². The first-order valence-corrected chi connectivity index (χ1v) is 8.28. The molecular weight excluding hydrogens is 232 g/mol. The molecule has 0 aliphatic rings. The molecule has 1 N–H and O–H groups in total. The van der Waals surface area contributed by atoms with E-state index in [0.29, 0.717) is 6.04 Å². The van der Waals surface area contributed by atoms with Gasteiger partial charge in [0, 0.05) is 19.1 Å². The third-order valence-electron chi connectivity index (χ3n) is 3.94. The molecule has 0 aliphatic carbocycles. The molecule has 1 unspecified atom stereocenters. The molecule has 0 aromatic rings. The highest BCUT2D eigenvalue weighted by Crippen LogP contribution is 2.06. The van der Waals surface area contributed by atoms with E-state index in [0.717, 1.165) is 24.3 Å². The predicted molar refractivity (Wildman–Crippen MR) is 87.7 cm³/mol. The Morgan fingerprint density at radius 2 is 1.21 bits per heavy atom. The van der Waals surface area contributed by atoms with Crippen LogP contribution in [0.2, 0.25) is 0 Å². The van der Waals surface area contributed by atoms with Crippen molar-refractivity contribution in [1.82, 2.24) is 10.2 Å². The number of nitrogens with zero attached hydrogens (tertiary/aromatic N) is 1. The predicted octanol–water partition coefficient (Wildman–Crippen LogP) is 4.01. The highest BCUT2D eigenvalue weighted by atomic mass is 15.1. The average Bonchev–Trinajstić information content (AvgIpc) is 2.30. The lowest BCUT2D eigenvalue weighted by Crippen LogP contribution is -2.39. The minimum Gasteiger partial charge on any atom is -0.313 e. The first-order valence-electron chi connectivity index (χ1n) is 8.28. The molecule has 0 aromatic heterocycles. The van der Waals surface area contributed by atoms with Crippen molar-refractivity contribution in [3.63, 3.8) is 0 Å². The van der Waals surface area contributed by atoms with Crippen molar-refractivity contribution >= 4 is 0 Å². The fourth-order valence-corrected chi connectivity index (χ4v) is 1.90. The Morgan fingerprint density at radius 1 is 0.737 bits per heavy atom. The van der Waals surface area contributed by atoms with Gasteiger partial charge < -0.3 is 10.2 Å². The third-order valence-corrected chi connectivity index (χ3v) is 3.94. The standard InChI is InChI=1S/C17H38N2/c1-14(2)8-11-19(12-9-15(3)4)13-10-18-17(7)16(5)6/h14-18H,8-13H2,1-7H3. The van der Waals surface area contributed by atoms with Crippen LogP contribution in [0.3, 0.4) is 0 Å². The number of nitrogens with one attached hydrogen (secondary N) is 1. The second-order valence-corrected chi connectivity index (χ2v) is 7.19. The third kappa shape index (κ3) is 11.4. The smallest absolute Gasteiger partial charge is 0.0107 e. The van der Waals surface area contributed by atoms with Crippen LogP contribution < -0.4 is 5.32 Å². The Kier molecular flexibility index (Phi) is 10.6. The first-order chi connectivity index (χ1) is 8.82. The molecule has 19 heavy (non-hydrogen) atoms. The molecule has 0 bridgehead atoms. The topological polar surface area (TPSA) is 15.3 Å². The summed E-state index contributed by atoms with van der Waals surface area (Å²) < 4.78 is 0. The van der Waals surface area contributed by atoms with E-state index in [4.69, 9.17) is 0 Å². The lowest BCUT2D eigenvalue weighted by Gasteiger charge is -2.26. The minimum absolute atomic E-state index is 0.622. The maximum atomic E-state index is 3.65. The van der Waals surface area contributed by atoms with Crippen molar-refractivity contribution < 1.29 is 0 Å². The lowest BCUT2D eigenvalue weighted by atomic mass is 10.1. The molecule has 0 amide bonds. The molecule has 0 radical (unpaired) electrons. The zero-order chi connectivity index (χ0) is 14.8. The van der Waals surface area contributed by atoms with Gasteiger partial charge in [0.25, 0.3) is 0 Å². The van der Waals surface area contributed by atoms with Gasteiger partial charge >= 0.3 is 0 Å². The Morgan fingerprint density at radius 3 is 1.58 bits per heavy atom. The molecule has 0 aromatic carbocycles. The fourth-order valence-electron chi connectivity index (χ4n) is 1.90. The van der Waals surface area contributed by atoms with Crippen molar-refractivity contribution in [3.05, 3.63) is 0 Å². The highest BCUT2D eigenvalue weighted by molar-refractivity contribution is 4.67. The largest absolute Gasteiger partial charge is 0.313 e. The molecule has 0 rings (SSSR count). The normalized spacial score (nSPS) is 14.1. The van der Waals surface area contributed by atoms with Crippen LogP contribution in [-0.4, -0.2) is 37.1 Å². The Hall–Kier alpha value is -0.0800. The van der Waals surface area contributed by atoms with Gasteiger partial charge in [-0.2, -0.15) is 0 Å². The number of rotatable bonds is 11. The minimum atomic E-state index is 0.622. The van der Waals surface area contributed by atoms with Crippen molar-refractivity contribution in [2.24, 2.45) is 17.8 Å². The summed E-state index contributed by atoms with van der Waals surface area (Å²) >= 11 is 0. The van der Waals surface area contributed by atoms with E-state index in [1.165, 1.54) is 32.5 Å². The second kappa shape index (κ2) is 10.7. The van der Waals surface area contributed by atoms with E-state index in [9.17, 15) is 0 Å². The van der Waals surface area contributed by atoms with Gasteiger partial charge in [0.05, 0.1) is 0 Å². The van der Waals surface area contributed by atoms with Crippen LogP contribution in [0, 0.1) is 17.8 Å². The summed E-state index contributed by atoms with van der Waals surface area (Å²) in [7, 11) is 0. The summed E-state index contributed by atoms with van der Waals surface area (Å²) in [5.41, 5.74) is 0. The molecular formula is C17H38N2. The lowest BCUT2D eigenvalue weighted by molar-refractivity contribution is 0.238. The van der Waals surface area contributed by atoms with Crippen LogP contribution >= 0.6 is 0 Å².